The molecule has 2 aliphatic rings. The van der Waals surface area contributed by atoms with Crippen LogP contribution in [0, 0.1) is 5.92 Å². The Kier molecular flexibility index (Phi) is 6.02. The van der Waals surface area contributed by atoms with Crippen LogP contribution in [0.15, 0.2) is 0 Å². The van der Waals surface area contributed by atoms with Gasteiger partial charge < -0.3 is 20.1 Å². The summed E-state index contributed by atoms with van der Waals surface area (Å²) in [6.45, 7) is 5.38. The Morgan fingerprint density at radius 2 is 2.19 bits per heavy atom. The lowest BCUT2D eigenvalue weighted by Gasteiger charge is -2.34. The first-order valence-corrected chi connectivity index (χ1v) is 8.31. The third-order valence-corrected chi connectivity index (χ3v) is 5.12. The molecule has 0 aromatic carbocycles. The summed E-state index contributed by atoms with van der Waals surface area (Å²) in [6.07, 6.45) is 6.50. The zero-order valence-corrected chi connectivity index (χ0v) is 13.5. The first-order chi connectivity index (χ1) is 10.1. The van der Waals surface area contributed by atoms with E-state index in [1.807, 2.05) is 6.92 Å². The summed E-state index contributed by atoms with van der Waals surface area (Å²) in [7, 11) is 1.79. The summed E-state index contributed by atoms with van der Waals surface area (Å²) in [6, 6.07) is 0. The Morgan fingerprint density at radius 1 is 1.38 bits per heavy atom. The molecule has 1 saturated heterocycles. The monoisotopic (exact) mass is 298 g/mol. The van der Waals surface area contributed by atoms with Gasteiger partial charge in [-0.1, -0.05) is 6.42 Å². The van der Waals surface area contributed by atoms with E-state index in [1.54, 1.807) is 7.11 Å². The zero-order chi connectivity index (χ0) is 15.3. The number of esters is 1. The van der Waals surface area contributed by atoms with Gasteiger partial charge in [-0.3, -0.25) is 4.79 Å². The predicted molar refractivity (Wildman–Crippen MR) is 82.0 cm³/mol. The van der Waals surface area contributed by atoms with E-state index in [4.69, 9.17) is 15.2 Å². The van der Waals surface area contributed by atoms with Gasteiger partial charge in [-0.2, -0.15) is 0 Å². The van der Waals surface area contributed by atoms with E-state index in [0.717, 1.165) is 51.7 Å². The Morgan fingerprint density at radius 3 is 2.90 bits per heavy atom. The maximum absolute atomic E-state index is 12.1. The summed E-state index contributed by atoms with van der Waals surface area (Å²) < 4.78 is 10.7. The van der Waals surface area contributed by atoms with E-state index in [2.05, 4.69) is 4.90 Å². The molecule has 0 bridgehead atoms. The highest BCUT2D eigenvalue weighted by Gasteiger charge is 2.46. The average molecular weight is 298 g/mol. The van der Waals surface area contributed by atoms with Crippen molar-refractivity contribution in [2.45, 2.75) is 57.1 Å². The van der Waals surface area contributed by atoms with E-state index in [9.17, 15) is 4.79 Å². The van der Waals surface area contributed by atoms with Crippen LogP contribution in [0.25, 0.3) is 0 Å². The van der Waals surface area contributed by atoms with Gasteiger partial charge >= 0.3 is 5.97 Å². The SMILES string of the molecule is CCOC(=O)C1(N)CCCC1CCN1CCCC(OC)C1. The Balaban J connectivity index is 1.85. The second-order valence-electron chi connectivity index (χ2n) is 6.44. The summed E-state index contributed by atoms with van der Waals surface area (Å²) >= 11 is 0. The molecule has 3 atom stereocenters. The van der Waals surface area contributed by atoms with Crippen LogP contribution in [0.3, 0.4) is 0 Å². The molecule has 2 N–H and O–H groups in total. The summed E-state index contributed by atoms with van der Waals surface area (Å²) in [5, 5.41) is 0. The van der Waals surface area contributed by atoms with Crippen molar-refractivity contribution in [3.63, 3.8) is 0 Å². The van der Waals surface area contributed by atoms with E-state index in [1.165, 1.54) is 6.42 Å². The average Bonchev–Trinajstić information content (AvgIpc) is 2.88. The molecule has 122 valence electrons. The molecule has 0 aromatic rings. The molecule has 2 fully saturated rings. The Hall–Kier alpha value is -0.650. The number of ether oxygens (including phenoxy) is 2. The molecule has 1 aliphatic heterocycles. The fraction of sp³-hybridized carbons (Fsp3) is 0.938. The minimum atomic E-state index is -0.757. The molecular weight excluding hydrogens is 268 g/mol. The zero-order valence-electron chi connectivity index (χ0n) is 13.5. The van der Waals surface area contributed by atoms with Crippen LogP contribution in [0.1, 0.15) is 45.4 Å². The van der Waals surface area contributed by atoms with E-state index in [-0.39, 0.29) is 11.9 Å². The van der Waals surface area contributed by atoms with Gasteiger partial charge in [0.2, 0.25) is 0 Å². The second-order valence-corrected chi connectivity index (χ2v) is 6.44. The molecule has 2 rings (SSSR count). The number of hydrogen-bond donors (Lipinski definition) is 1. The van der Waals surface area contributed by atoms with Gasteiger partial charge in [-0.25, -0.2) is 0 Å². The van der Waals surface area contributed by atoms with Crippen LogP contribution in [-0.2, 0) is 14.3 Å². The number of piperidine rings is 1. The summed E-state index contributed by atoms with van der Waals surface area (Å²) in [5.74, 6) is 0.0420. The quantitative estimate of drug-likeness (QED) is 0.754. The van der Waals surface area contributed by atoms with Crippen LogP contribution in [-0.4, -0.2) is 55.9 Å². The highest BCUT2D eigenvalue weighted by atomic mass is 16.5. The van der Waals surface area contributed by atoms with Crippen molar-refractivity contribution in [3.8, 4) is 0 Å². The van der Waals surface area contributed by atoms with Gasteiger partial charge in [-0.05, 0) is 58.0 Å². The highest BCUT2D eigenvalue weighted by molar-refractivity contribution is 5.81. The number of methoxy groups -OCH3 is 1. The lowest BCUT2D eigenvalue weighted by molar-refractivity contribution is -0.151. The molecule has 21 heavy (non-hydrogen) atoms. The largest absolute Gasteiger partial charge is 0.465 e. The van der Waals surface area contributed by atoms with E-state index in [0.29, 0.717) is 12.7 Å². The van der Waals surface area contributed by atoms with E-state index >= 15 is 0 Å². The number of hydrogen-bond acceptors (Lipinski definition) is 5. The van der Waals surface area contributed by atoms with Crippen molar-refractivity contribution >= 4 is 5.97 Å². The standard InChI is InChI=1S/C16H30N2O3/c1-3-21-15(19)16(17)9-4-6-13(16)8-11-18-10-5-7-14(12-18)20-2/h13-14H,3-12,17H2,1-2H3. The molecule has 3 unspecified atom stereocenters. The third-order valence-electron chi connectivity index (χ3n) is 5.12. The number of rotatable bonds is 6. The van der Waals surface area contributed by atoms with Gasteiger partial charge in [0.15, 0.2) is 0 Å². The van der Waals surface area contributed by atoms with Gasteiger partial charge in [0.05, 0.1) is 12.7 Å². The smallest absolute Gasteiger partial charge is 0.326 e. The molecule has 0 spiro atoms. The fourth-order valence-electron chi connectivity index (χ4n) is 3.79. The first kappa shape index (κ1) is 16.7. The topological polar surface area (TPSA) is 64.8 Å². The number of nitrogens with zero attached hydrogens (tertiary/aromatic N) is 1. The highest BCUT2D eigenvalue weighted by Crippen LogP contribution is 2.37. The minimum absolute atomic E-state index is 0.207. The van der Waals surface area contributed by atoms with Crippen molar-refractivity contribution in [1.29, 1.82) is 0 Å². The molecule has 5 heteroatoms. The molecule has 0 radical (unpaired) electrons. The van der Waals surface area contributed by atoms with Crippen molar-refractivity contribution in [2.24, 2.45) is 11.7 Å². The maximum Gasteiger partial charge on any atom is 0.326 e. The molecular formula is C16H30N2O3. The van der Waals surface area contributed by atoms with Gasteiger partial charge in [0.1, 0.15) is 5.54 Å². The van der Waals surface area contributed by atoms with E-state index < -0.39 is 5.54 Å². The molecule has 5 nitrogen and oxygen atoms in total. The molecule has 1 saturated carbocycles. The lowest BCUT2D eigenvalue weighted by atomic mass is 9.85. The van der Waals surface area contributed by atoms with Crippen LogP contribution in [0.5, 0.6) is 0 Å². The first-order valence-electron chi connectivity index (χ1n) is 8.31. The van der Waals surface area contributed by atoms with Crippen LogP contribution in [0.4, 0.5) is 0 Å². The second kappa shape index (κ2) is 7.56. The predicted octanol–water partition coefficient (Wildman–Crippen LogP) is 1.55. The molecule has 1 aliphatic carbocycles. The Bertz CT molecular complexity index is 350. The van der Waals surface area contributed by atoms with Crippen molar-refractivity contribution < 1.29 is 14.3 Å². The summed E-state index contributed by atoms with van der Waals surface area (Å²) in [5.41, 5.74) is 5.63. The minimum Gasteiger partial charge on any atom is -0.465 e. The normalized spacial score (nSPS) is 34.0. The van der Waals surface area contributed by atoms with Gasteiger partial charge in [-0.15, -0.1) is 0 Å². The van der Waals surface area contributed by atoms with Gasteiger partial charge in [0, 0.05) is 13.7 Å². The van der Waals surface area contributed by atoms with Gasteiger partial charge in [0.25, 0.3) is 0 Å². The summed E-state index contributed by atoms with van der Waals surface area (Å²) in [4.78, 5) is 14.6. The maximum atomic E-state index is 12.1. The number of nitrogens with two attached hydrogens (primary N) is 1. The van der Waals surface area contributed by atoms with Crippen LogP contribution in [0.2, 0.25) is 0 Å². The number of carbonyl (C=O) groups excluding carboxylic acids is 1. The number of carbonyl (C=O) groups is 1. The van der Waals surface area contributed by atoms with Crippen molar-refractivity contribution in [3.05, 3.63) is 0 Å². The molecule has 0 aromatic heterocycles. The molecule has 1 heterocycles. The van der Waals surface area contributed by atoms with Crippen LogP contribution < -0.4 is 5.73 Å². The third kappa shape index (κ3) is 3.96. The van der Waals surface area contributed by atoms with Crippen LogP contribution >= 0.6 is 0 Å². The fourth-order valence-corrected chi connectivity index (χ4v) is 3.79. The Labute approximate surface area is 128 Å². The van der Waals surface area contributed by atoms with Crippen molar-refractivity contribution in [2.75, 3.05) is 33.4 Å². The number of likely N-dealkylation sites (tertiary alicyclic amines) is 1. The molecule has 0 amide bonds. The lowest BCUT2D eigenvalue weighted by Crippen LogP contribution is -2.53. The van der Waals surface area contributed by atoms with Crippen molar-refractivity contribution in [1.82, 2.24) is 4.90 Å².